The van der Waals surface area contributed by atoms with E-state index in [-0.39, 0.29) is 51.4 Å². The van der Waals surface area contributed by atoms with Crippen molar-refractivity contribution in [2.24, 2.45) is 0 Å². The molecule has 0 aliphatic rings. The summed E-state index contributed by atoms with van der Waals surface area (Å²) in [6.07, 6.45) is 2.39. The second kappa shape index (κ2) is 5.55. The van der Waals surface area contributed by atoms with Crippen LogP contribution in [0.3, 0.4) is 0 Å². The van der Waals surface area contributed by atoms with E-state index in [1.807, 2.05) is 0 Å². The fraction of sp³-hybridized carbons (Fsp3) is 0.500. The summed E-state index contributed by atoms with van der Waals surface area (Å²) in [4.78, 5) is 3.79. The summed E-state index contributed by atoms with van der Waals surface area (Å²) in [5.41, 5.74) is 0. The van der Waals surface area contributed by atoms with E-state index in [4.69, 9.17) is 0 Å². The number of halogens is 3. The first-order valence-electron chi connectivity index (χ1n) is 3.74. The Morgan fingerprint density at radius 2 is 2.08 bits per heavy atom. The number of rotatable bonds is 3. The summed E-state index contributed by atoms with van der Waals surface area (Å²) in [7, 11) is 0. The van der Waals surface area contributed by atoms with Crippen molar-refractivity contribution in [1.82, 2.24) is 9.55 Å². The van der Waals surface area contributed by atoms with Crippen molar-refractivity contribution in [2.75, 3.05) is 0 Å². The number of imidazole rings is 1. The molecule has 13 heavy (non-hydrogen) atoms. The van der Waals surface area contributed by atoms with Gasteiger partial charge < -0.3 is 17.5 Å². The van der Waals surface area contributed by atoms with Crippen LogP contribution in [0.15, 0.2) is 12.4 Å². The Morgan fingerprint density at radius 3 is 2.54 bits per heavy atom. The van der Waals surface area contributed by atoms with E-state index in [2.05, 4.69) is 4.98 Å². The van der Waals surface area contributed by atoms with Crippen LogP contribution in [0, 0.1) is 0 Å². The minimum atomic E-state index is -4.76. The minimum absolute atomic E-state index is 0. The molecule has 7 heteroatoms. The number of aromatic nitrogens is 2. The third-order valence-electron chi connectivity index (χ3n) is 1.52. The smallest absolute Gasteiger partial charge is 0.448 e. The molecule has 0 aliphatic heterocycles. The van der Waals surface area contributed by atoms with E-state index in [0.717, 1.165) is 4.57 Å². The van der Waals surface area contributed by atoms with Crippen LogP contribution < -0.4 is 51.4 Å². The summed E-state index contributed by atoms with van der Waals surface area (Å²) in [6.45, 7) is -2.98. The van der Waals surface area contributed by atoms with Crippen molar-refractivity contribution >= 4 is 6.98 Å². The standard InChI is InChI=1S/C6H9BF3N2.K/c1-2-6-11-3-4-12(6)5-7(8,9)10;/h3-4H,2,5H2,1H3;/q-1;+1. The maximum absolute atomic E-state index is 11.9. The number of nitrogens with zero attached hydrogens (tertiary/aromatic N) is 2. The van der Waals surface area contributed by atoms with E-state index in [1.54, 1.807) is 6.92 Å². The van der Waals surface area contributed by atoms with Crippen LogP contribution in [0.25, 0.3) is 0 Å². The maximum Gasteiger partial charge on any atom is 1.00 e. The van der Waals surface area contributed by atoms with E-state index < -0.39 is 13.4 Å². The van der Waals surface area contributed by atoms with Gasteiger partial charge in [-0.1, -0.05) is 6.92 Å². The molecule has 0 aromatic carbocycles. The average Bonchev–Trinajstić information content (AvgIpc) is 2.31. The number of aryl methyl sites for hydroxylation is 1. The molecule has 0 aliphatic carbocycles. The van der Waals surface area contributed by atoms with Gasteiger partial charge in [-0.3, -0.25) is 0 Å². The van der Waals surface area contributed by atoms with Crippen molar-refractivity contribution in [3.63, 3.8) is 0 Å². The van der Waals surface area contributed by atoms with Crippen LogP contribution in [0.4, 0.5) is 12.9 Å². The zero-order chi connectivity index (χ0) is 9.19. The molecule has 0 radical (unpaired) electrons. The number of hydrogen-bond acceptors (Lipinski definition) is 1. The molecule has 0 unspecified atom stereocenters. The predicted octanol–water partition coefficient (Wildman–Crippen LogP) is -1.16. The van der Waals surface area contributed by atoms with Crippen molar-refractivity contribution in [3.05, 3.63) is 18.2 Å². The summed E-state index contributed by atoms with van der Waals surface area (Å²) in [6, 6.07) is 0. The van der Waals surface area contributed by atoms with E-state index >= 15 is 0 Å². The van der Waals surface area contributed by atoms with Gasteiger partial charge in [0.05, 0.1) is 0 Å². The van der Waals surface area contributed by atoms with E-state index in [0.29, 0.717) is 12.2 Å². The van der Waals surface area contributed by atoms with Crippen molar-refractivity contribution in [2.45, 2.75) is 19.8 Å². The molecule has 2 nitrogen and oxygen atoms in total. The molecule has 0 fully saturated rings. The first kappa shape index (κ1) is 13.7. The predicted molar refractivity (Wildman–Crippen MR) is 40.7 cm³/mol. The van der Waals surface area contributed by atoms with Crippen LogP contribution in [0.2, 0.25) is 0 Å². The fourth-order valence-corrected chi connectivity index (χ4v) is 1.04. The molecule has 1 aromatic rings. The van der Waals surface area contributed by atoms with Gasteiger partial charge in [0, 0.05) is 18.8 Å². The van der Waals surface area contributed by atoms with Crippen LogP contribution >= 0.6 is 0 Å². The molecule has 0 saturated carbocycles. The largest absolute Gasteiger partial charge is 1.00 e. The Kier molecular flexibility index (Phi) is 5.85. The topological polar surface area (TPSA) is 17.8 Å². The second-order valence-electron chi connectivity index (χ2n) is 2.56. The molecule has 0 spiro atoms. The Bertz CT molecular complexity index is 261. The minimum Gasteiger partial charge on any atom is -0.448 e. The molecule has 1 aromatic heterocycles. The molecule has 1 heterocycles. The monoisotopic (exact) mass is 216 g/mol. The zero-order valence-electron chi connectivity index (χ0n) is 7.67. The van der Waals surface area contributed by atoms with Gasteiger partial charge >= 0.3 is 58.4 Å². The molecule has 68 valence electrons. The molecule has 1 rings (SSSR count). The van der Waals surface area contributed by atoms with Crippen LogP contribution in [-0.2, 0) is 12.9 Å². The second-order valence-corrected chi connectivity index (χ2v) is 2.56. The summed E-state index contributed by atoms with van der Waals surface area (Å²) >= 11 is 0. The van der Waals surface area contributed by atoms with Crippen LogP contribution in [0.1, 0.15) is 12.7 Å². The average molecular weight is 216 g/mol. The first-order chi connectivity index (χ1) is 5.53. The van der Waals surface area contributed by atoms with E-state index in [9.17, 15) is 12.9 Å². The summed E-state index contributed by atoms with van der Waals surface area (Å²) in [5.74, 6) is 0.481. The van der Waals surface area contributed by atoms with Crippen LogP contribution in [0.5, 0.6) is 0 Å². The Balaban J connectivity index is 0.00000144. The van der Waals surface area contributed by atoms with Gasteiger partial charge in [-0.25, -0.2) is 4.98 Å². The normalized spacial score (nSPS) is 11.1. The third kappa shape index (κ3) is 4.64. The summed E-state index contributed by atoms with van der Waals surface area (Å²) in [5, 5.41) is 0. The van der Waals surface area contributed by atoms with Gasteiger partial charge in [-0.05, 0) is 6.44 Å². The Labute approximate surface area is 117 Å². The first-order valence-corrected chi connectivity index (χ1v) is 3.74. The van der Waals surface area contributed by atoms with Crippen molar-refractivity contribution < 1.29 is 64.3 Å². The SMILES string of the molecule is CCc1nccn1C[B-](F)(F)F.[K+]. The molecule has 0 saturated heterocycles. The van der Waals surface area contributed by atoms with Gasteiger partial charge in [0.25, 0.3) is 0 Å². The van der Waals surface area contributed by atoms with Gasteiger partial charge in [-0.2, -0.15) is 0 Å². The zero-order valence-corrected chi connectivity index (χ0v) is 10.8. The van der Waals surface area contributed by atoms with Gasteiger partial charge in [0.15, 0.2) is 0 Å². The van der Waals surface area contributed by atoms with Gasteiger partial charge in [-0.15, -0.1) is 0 Å². The Hall–Kier alpha value is 0.701. The maximum atomic E-state index is 11.9. The summed E-state index contributed by atoms with van der Waals surface area (Å²) < 4.78 is 37.0. The number of hydrogen-bond donors (Lipinski definition) is 0. The van der Waals surface area contributed by atoms with Crippen molar-refractivity contribution in [1.29, 1.82) is 0 Å². The molecule has 0 amide bonds. The quantitative estimate of drug-likeness (QED) is 0.582. The van der Waals surface area contributed by atoms with Crippen LogP contribution in [-0.4, -0.2) is 16.5 Å². The fourth-order valence-electron chi connectivity index (χ4n) is 1.04. The van der Waals surface area contributed by atoms with Gasteiger partial charge in [0.2, 0.25) is 0 Å². The van der Waals surface area contributed by atoms with E-state index in [1.165, 1.54) is 12.4 Å². The van der Waals surface area contributed by atoms with Gasteiger partial charge in [0.1, 0.15) is 5.82 Å². The molecular formula is C6H9BF3KN2. The molecule has 0 bridgehead atoms. The van der Waals surface area contributed by atoms with Crippen molar-refractivity contribution in [3.8, 4) is 0 Å². The molecule has 0 N–H and O–H groups in total. The molecule has 0 atom stereocenters. The Morgan fingerprint density at radius 1 is 1.46 bits per heavy atom. The third-order valence-corrected chi connectivity index (χ3v) is 1.52. The molecular weight excluding hydrogens is 207 g/mol.